The zero-order valence-corrected chi connectivity index (χ0v) is 15.5. The lowest BCUT2D eigenvalue weighted by Gasteiger charge is -2.29. The van der Waals surface area contributed by atoms with Crippen LogP contribution in [0.1, 0.15) is 46.4 Å². The van der Waals surface area contributed by atoms with Crippen molar-refractivity contribution in [2.24, 2.45) is 5.92 Å². The molecule has 2 aromatic carbocycles. The number of rotatable bonds is 5. The molecule has 0 atom stereocenters. The summed E-state index contributed by atoms with van der Waals surface area (Å²) in [6.07, 6.45) is 2.42. The summed E-state index contributed by atoms with van der Waals surface area (Å²) in [5, 5.41) is 5.18. The second-order valence-corrected chi connectivity index (χ2v) is 7.09. The van der Waals surface area contributed by atoms with Crippen LogP contribution in [0.3, 0.4) is 0 Å². The molecule has 29 heavy (non-hydrogen) atoms. The van der Waals surface area contributed by atoms with E-state index in [0.29, 0.717) is 25.7 Å². The Balaban J connectivity index is 1.48. The lowest BCUT2D eigenvalue weighted by molar-refractivity contribution is 0.0911. The molecule has 1 aliphatic rings. The van der Waals surface area contributed by atoms with Crippen LogP contribution in [-0.4, -0.2) is 24.4 Å². The highest BCUT2D eigenvalue weighted by atomic mass is 19.1. The Morgan fingerprint density at radius 2 is 1.21 bits per heavy atom. The van der Waals surface area contributed by atoms with Crippen molar-refractivity contribution < 1.29 is 27.2 Å². The smallest absolute Gasteiger partial charge is 0.257 e. The van der Waals surface area contributed by atoms with E-state index in [1.54, 1.807) is 0 Å². The molecule has 1 fully saturated rings. The molecule has 3 rings (SSSR count). The number of hydrogen-bond acceptors (Lipinski definition) is 2. The minimum atomic E-state index is -0.922. The molecule has 8 heteroatoms. The third kappa shape index (κ3) is 4.93. The highest BCUT2D eigenvalue weighted by Gasteiger charge is 2.26. The predicted octanol–water partition coefficient (Wildman–Crippen LogP) is 3.96. The van der Waals surface area contributed by atoms with Crippen molar-refractivity contribution in [3.63, 3.8) is 0 Å². The fraction of sp³-hybridized carbons (Fsp3) is 0.333. The van der Waals surface area contributed by atoms with Crippen LogP contribution in [0.5, 0.6) is 0 Å². The van der Waals surface area contributed by atoms with E-state index in [1.165, 1.54) is 12.1 Å². The number of carbonyl (C=O) groups excluding carboxylic acids is 2. The lowest BCUT2D eigenvalue weighted by Crippen LogP contribution is -2.40. The van der Waals surface area contributed by atoms with Crippen molar-refractivity contribution in [1.29, 1.82) is 0 Å². The number of benzene rings is 2. The van der Waals surface area contributed by atoms with Gasteiger partial charge in [0.15, 0.2) is 0 Å². The first kappa shape index (κ1) is 20.8. The quantitative estimate of drug-likeness (QED) is 0.736. The monoisotopic (exact) mass is 408 g/mol. The molecule has 0 aromatic heterocycles. The van der Waals surface area contributed by atoms with Gasteiger partial charge in [-0.05, 0) is 55.9 Å². The molecule has 0 bridgehead atoms. The number of halogens is 4. The largest absolute Gasteiger partial charge is 0.352 e. The van der Waals surface area contributed by atoms with E-state index in [9.17, 15) is 27.2 Å². The molecule has 0 radical (unpaired) electrons. The minimum absolute atomic E-state index is 0.0761. The van der Waals surface area contributed by atoms with E-state index in [4.69, 9.17) is 0 Å². The van der Waals surface area contributed by atoms with Crippen LogP contribution >= 0.6 is 0 Å². The third-order valence-electron chi connectivity index (χ3n) is 5.11. The summed E-state index contributed by atoms with van der Waals surface area (Å²) in [5.74, 6) is -5.22. The van der Waals surface area contributed by atoms with Gasteiger partial charge in [0.25, 0.3) is 11.8 Å². The third-order valence-corrected chi connectivity index (χ3v) is 5.11. The maximum absolute atomic E-state index is 13.7. The molecule has 0 spiro atoms. The van der Waals surface area contributed by atoms with Gasteiger partial charge in [-0.3, -0.25) is 9.59 Å². The standard InChI is InChI=1S/C21H20F4N2O2/c22-14-3-1-4-15(23)18(14)20(28)26-11-12-7-9-13(10-8-12)27-21(29)19-16(24)5-2-6-17(19)25/h1-6,12-13H,7-11H2,(H,26,28)(H,27,29). The number of carbonyl (C=O) groups is 2. The van der Waals surface area contributed by atoms with Gasteiger partial charge in [0, 0.05) is 12.6 Å². The lowest BCUT2D eigenvalue weighted by atomic mass is 9.86. The molecular weight excluding hydrogens is 388 g/mol. The van der Waals surface area contributed by atoms with Crippen LogP contribution in [0.4, 0.5) is 17.6 Å². The highest BCUT2D eigenvalue weighted by molar-refractivity contribution is 5.95. The molecule has 154 valence electrons. The normalized spacial score (nSPS) is 18.9. The van der Waals surface area contributed by atoms with Gasteiger partial charge < -0.3 is 10.6 Å². The van der Waals surface area contributed by atoms with Gasteiger partial charge in [0.2, 0.25) is 0 Å². The molecule has 2 aromatic rings. The molecule has 0 heterocycles. The van der Waals surface area contributed by atoms with E-state index >= 15 is 0 Å². The zero-order valence-electron chi connectivity index (χ0n) is 15.5. The number of hydrogen-bond donors (Lipinski definition) is 2. The first-order valence-corrected chi connectivity index (χ1v) is 9.34. The van der Waals surface area contributed by atoms with E-state index < -0.39 is 46.2 Å². The fourth-order valence-corrected chi connectivity index (χ4v) is 3.52. The van der Waals surface area contributed by atoms with Crippen molar-refractivity contribution in [2.75, 3.05) is 6.54 Å². The average Bonchev–Trinajstić information content (AvgIpc) is 2.67. The van der Waals surface area contributed by atoms with Crippen LogP contribution < -0.4 is 10.6 Å². The summed E-state index contributed by atoms with van der Waals surface area (Å²) in [6, 6.07) is 6.22. The summed E-state index contributed by atoms with van der Waals surface area (Å²) in [6.45, 7) is 0.245. The van der Waals surface area contributed by atoms with Gasteiger partial charge in [-0.25, -0.2) is 17.6 Å². The Kier molecular flexibility index (Phi) is 6.51. The van der Waals surface area contributed by atoms with Crippen molar-refractivity contribution in [1.82, 2.24) is 10.6 Å². The van der Waals surface area contributed by atoms with E-state index in [2.05, 4.69) is 10.6 Å². The Labute approximate surface area is 165 Å². The molecule has 1 saturated carbocycles. The van der Waals surface area contributed by atoms with Gasteiger partial charge >= 0.3 is 0 Å². The SMILES string of the molecule is O=C(NCC1CCC(NC(=O)c2c(F)cccc2F)CC1)c1c(F)cccc1F. The summed E-state index contributed by atoms with van der Waals surface area (Å²) >= 11 is 0. The molecule has 2 amide bonds. The molecule has 0 saturated heterocycles. The van der Waals surface area contributed by atoms with Crippen LogP contribution in [0, 0.1) is 29.2 Å². The summed E-state index contributed by atoms with van der Waals surface area (Å²) < 4.78 is 54.7. The molecule has 0 aliphatic heterocycles. The predicted molar refractivity (Wildman–Crippen MR) is 98.3 cm³/mol. The summed E-state index contributed by atoms with van der Waals surface area (Å²) in [7, 11) is 0. The first-order chi connectivity index (χ1) is 13.9. The Morgan fingerprint density at radius 3 is 1.69 bits per heavy atom. The van der Waals surface area contributed by atoms with Crippen molar-refractivity contribution in [3.8, 4) is 0 Å². The minimum Gasteiger partial charge on any atom is -0.352 e. The van der Waals surface area contributed by atoms with Gasteiger partial charge in [-0.1, -0.05) is 12.1 Å². The fourth-order valence-electron chi connectivity index (χ4n) is 3.52. The van der Waals surface area contributed by atoms with Crippen LogP contribution in [-0.2, 0) is 0 Å². The maximum atomic E-state index is 13.7. The average molecular weight is 408 g/mol. The van der Waals surface area contributed by atoms with Gasteiger partial charge in [-0.15, -0.1) is 0 Å². The van der Waals surface area contributed by atoms with Gasteiger partial charge in [-0.2, -0.15) is 0 Å². The second-order valence-electron chi connectivity index (χ2n) is 7.09. The van der Waals surface area contributed by atoms with Crippen molar-refractivity contribution in [3.05, 3.63) is 70.8 Å². The zero-order chi connectivity index (χ0) is 21.0. The summed E-state index contributed by atoms with van der Waals surface area (Å²) in [5.41, 5.74) is -1.21. The summed E-state index contributed by atoms with van der Waals surface area (Å²) in [4.78, 5) is 24.2. The van der Waals surface area contributed by atoms with Crippen LogP contribution in [0.2, 0.25) is 0 Å². The Bertz CT molecular complexity index is 871. The molecule has 1 aliphatic carbocycles. The van der Waals surface area contributed by atoms with E-state index in [-0.39, 0.29) is 18.5 Å². The Hall–Kier alpha value is -2.90. The number of nitrogens with one attached hydrogen (secondary N) is 2. The second kappa shape index (κ2) is 9.07. The van der Waals surface area contributed by atoms with E-state index in [0.717, 1.165) is 24.3 Å². The maximum Gasteiger partial charge on any atom is 0.257 e. The van der Waals surface area contributed by atoms with Gasteiger partial charge in [0.05, 0.1) is 0 Å². The molecule has 4 nitrogen and oxygen atoms in total. The molecule has 0 unspecified atom stereocenters. The van der Waals surface area contributed by atoms with E-state index in [1.807, 2.05) is 0 Å². The number of amides is 2. The highest BCUT2D eigenvalue weighted by Crippen LogP contribution is 2.25. The Morgan fingerprint density at radius 1 is 0.759 bits per heavy atom. The topological polar surface area (TPSA) is 58.2 Å². The van der Waals surface area contributed by atoms with Crippen LogP contribution in [0.25, 0.3) is 0 Å². The molecule has 2 N–H and O–H groups in total. The first-order valence-electron chi connectivity index (χ1n) is 9.34. The van der Waals surface area contributed by atoms with Crippen molar-refractivity contribution in [2.45, 2.75) is 31.7 Å². The molecular formula is C21H20F4N2O2. The van der Waals surface area contributed by atoms with Crippen LogP contribution in [0.15, 0.2) is 36.4 Å². The van der Waals surface area contributed by atoms with Crippen molar-refractivity contribution >= 4 is 11.8 Å². The van der Waals surface area contributed by atoms with Gasteiger partial charge in [0.1, 0.15) is 34.4 Å².